The maximum atomic E-state index is 12.8. The summed E-state index contributed by atoms with van der Waals surface area (Å²) >= 11 is 0. The van der Waals surface area contributed by atoms with Crippen LogP contribution in [0.5, 0.6) is 0 Å². The SMILES string of the molecule is O=c1[nH]c2ccc(-c3nn[nH]n3)cc2cc1-c1cc2cc(CN3CCCCC3)ccc2[nH]1. The topological polar surface area (TPSA) is 106 Å². The first-order chi connectivity index (χ1) is 15.7. The molecule has 1 fully saturated rings. The number of benzene rings is 2. The fourth-order valence-corrected chi connectivity index (χ4v) is 4.63. The fraction of sp³-hybridized carbons (Fsp3) is 0.250. The summed E-state index contributed by atoms with van der Waals surface area (Å²) in [7, 11) is 0. The second kappa shape index (κ2) is 7.72. The van der Waals surface area contributed by atoms with Crippen molar-refractivity contribution >= 4 is 21.8 Å². The van der Waals surface area contributed by atoms with Gasteiger partial charge < -0.3 is 9.97 Å². The van der Waals surface area contributed by atoms with Gasteiger partial charge in [0.15, 0.2) is 0 Å². The lowest BCUT2D eigenvalue weighted by Gasteiger charge is -2.26. The monoisotopic (exact) mass is 425 g/mol. The summed E-state index contributed by atoms with van der Waals surface area (Å²) in [5.74, 6) is 0.520. The van der Waals surface area contributed by atoms with E-state index in [0.717, 1.165) is 39.6 Å². The maximum Gasteiger partial charge on any atom is 0.257 e. The highest BCUT2D eigenvalue weighted by Crippen LogP contribution is 2.27. The minimum Gasteiger partial charge on any atom is -0.354 e. The van der Waals surface area contributed by atoms with Crippen molar-refractivity contribution < 1.29 is 0 Å². The summed E-state index contributed by atoms with van der Waals surface area (Å²) in [6.45, 7) is 3.33. The molecule has 8 nitrogen and oxygen atoms in total. The van der Waals surface area contributed by atoms with Crippen molar-refractivity contribution in [1.82, 2.24) is 35.5 Å². The first kappa shape index (κ1) is 18.9. The van der Waals surface area contributed by atoms with Crippen LogP contribution in [0.4, 0.5) is 0 Å². The molecular formula is C24H23N7O. The number of nitrogens with zero attached hydrogens (tertiary/aromatic N) is 4. The molecular weight excluding hydrogens is 402 g/mol. The van der Waals surface area contributed by atoms with Gasteiger partial charge in [0.1, 0.15) is 0 Å². The third-order valence-corrected chi connectivity index (χ3v) is 6.28. The molecule has 32 heavy (non-hydrogen) atoms. The largest absolute Gasteiger partial charge is 0.354 e. The Morgan fingerprint density at radius 1 is 0.875 bits per heavy atom. The van der Waals surface area contributed by atoms with Crippen molar-refractivity contribution in [1.29, 1.82) is 0 Å². The third kappa shape index (κ3) is 3.48. The predicted octanol–water partition coefficient (Wildman–Crippen LogP) is 3.84. The van der Waals surface area contributed by atoms with Gasteiger partial charge in [0.05, 0.1) is 11.3 Å². The molecule has 0 atom stereocenters. The van der Waals surface area contributed by atoms with E-state index in [1.165, 1.54) is 37.9 Å². The lowest BCUT2D eigenvalue weighted by molar-refractivity contribution is 0.221. The Hall–Kier alpha value is -3.78. The van der Waals surface area contributed by atoms with E-state index in [-0.39, 0.29) is 5.56 Å². The summed E-state index contributed by atoms with van der Waals surface area (Å²) in [5.41, 5.74) is 5.24. The fourth-order valence-electron chi connectivity index (χ4n) is 4.63. The molecule has 3 aromatic heterocycles. The minimum atomic E-state index is -0.120. The first-order valence-corrected chi connectivity index (χ1v) is 11.0. The van der Waals surface area contributed by atoms with Crippen LogP contribution in [0.3, 0.4) is 0 Å². The normalized spacial score (nSPS) is 15.0. The van der Waals surface area contributed by atoms with Crippen molar-refractivity contribution in [3.05, 3.63) is 64.4 Å². The maximum absolute atomic E-state index is 12.8. The van der Waals surface area contributed by atoms with E-state index in [4.69, 9.17) is 0 Å². The number of pyridine rings is 1. The Morgan fingerprint density at radius 3 is 2.53 bits per heavy atom. The molecule has 0 aliphatic carbocycles. The van der Waals surface area contributed by atoms with Gasteiger partial charge in [-0.15, -0.1) is 10.2 Å². The number of hydrogen-bond acceptors (Lipinski definition) is 5. The van der Waals surface area contributed by atoms with Crippen LogP contribution >= 0.6 is 0 Å². The van der Waals surface area contributed by atoms with Gasteiger partial charge in [0.25, 0.3) is 5.56 Å². The molecule has 6 rings (SSSR count). The van der Waals surface area contributed by atoms with Gasteiger partial charge in [0.2, 0.25) is 5.82 Å². The third-order valence-electron chi connectivity index (χ3n) is 6.28. The number of rotatable bonds is 4. The molecule has 5 aromatic rings. The minimum absolute atomic E-state index is 0.120. The van der Waals surface area contributed by atoms with Crippen LogP contribution in [0.15, 0.2) is 53.3 Å². The van der Waals surface area contributed by atoms with Crippen LogP contribution in [-0.4, -0.2) is 48.6 Å². The molecule has 1 aliphatic rings. The number of hydrogen-bond donors (Lipinski definition) is 3. The zero-order valence-electron chi connectivity index (χ0n) is 17.6. The van der Waals surface area contributed by atoms with Crippen LogP contribution in [-0.2, 0) is 6.54 Å². The molecule has 0 spiro atoms. The Kier molecular flexibility index (Phi) is 4.57. The molecule has 1 aliphatic heterocycles. The molecule has 0 bridgehead atoms. The smallest absolute Gasteiger partial charge is 0.257 e. The lowest BCUT2D eigenvalue weighted by atomic mass is 10.1. The average molecular weight is 425 g/mol. The van der Waals surface area contributed by atoms with Crippen LogP contribution in [0.2, 0.25) is 0 Å². The number of fused-ring (bicyclic) bond motifs is 2. The number of aromatic nitrogens is 6. The Labute approximate surface area is 183 Å². The molecule has 0 saturated carbocycles. The number of piperidine rings is 1. The molecule has 160 valence electrons. The van der Waals surface area contributed by atoms with E-state index in [9.17, 15) is 4.79 Å². The van der Waals surface area contributed by atoms with E-state index < -0.39 is 0 Å². The van der Waals surface area contributed by atoms with Gasteiger partial charge in [0, 0.05) is 28.5 Å². The van der Waals surface area contributed by atoms with Gasteiger partial charge >= 0.3 is 0 Å². The van der Waals surface area contributed by atoms with Crippen molar-refractivity contribution in [2.24, 2.45) is 0 Å². The van der Waals surface area contributed by atoms with Crippen molar-refractivity contribution in [3.63, 3.8) is 0 Å². The number of tetrazole rings is 1. The van der Waals surface area contributed by atoms with Crippen LogP contribution in [0.25, 0.3) is 44.5 Å². The van der Waals surface area contributed by atoms with Crippen molar-refractivity contribution in [2.45, 2.75) is 25.8 Å². The van der Waals surface area contributed by atoms with Gasteiger partial charge in [-0.1, -0.05) is 12.5 Å². The summed E-state index contributed by atoms with van der Waals surface area (Å²) in [6, 6.07) is 16.2. The summed E-state index contributed by atoms with van der Waals surface area (Å²) in [4.78, 5) is 21.8. The zero-order chi connectivity index (χ0) is 21.5. The van der Waals surface area contributed by atoms with Crippen LogP contribution in [0, 0.1) is 0 Å². The quantitative estimate of drug-likeness (QED) is 0.406. The molecule has 8 heteroatoms. The number of H-pyrrole nitrogens is 3. The van der Waals surface area contributed by atoms with E-state index >= 15 is 0 Å². The molecule has 1 saturated heterocycles. The standard InChI is InChI=1S/C24H23N7O/c32-24-19(12-18-11-16(5-7-21(18)26-24)23-27-29-30-28-23)22-13-17-10-15(4-6-20(17)25-22)14-31-8-2-1-3-9-31/h4-7,10-13,25H,1-3,8-9,14H2,(H,26,32)(H,27,28,29,30). The van der Waals surface area contributed by atoms with Gasteiger partial charge in [-0.2, -0.15) is 5.21 Å². The lowest BCUT2D eigenvalue weighted by Crippen LogP contribution is -2.28. The second-order valence-corrected chi connectivity index (χ2v) is 8.49. The highest BCUT2D eigenvalue weighted by Gasteiger charge is 2.13. The molecule has 0 amide bonds. The van der Waals surface area contributed by atoms with E-state index in [1.54, 1.807) is 0 Å². The first-order valence-electron chi connectivity index (χ1n) is 11.0. The molecule has 3 N–H and O–H groups in total. The summed E-state index contributed by atoms with van der Waals surface area (Å²) in [5, 5.41) is 16.2. The number of likely N-dealkylation sites (tertiary alicyclic amines) is 1. The Morgan fingerprint density at radius 2 is 1.69 bits per heavy atom. The summed E-state index contributed by atoms with van der Waals surface area (Å²) < 4.78 is 0. The zero-order valence-corrected chi connectivity index (χ0v) is 17.6. The van der Waals surface area contributed by atoms with E-state index in [2.05, 4.69) is 59.8 Å². The molecule has 2 aromatic carbocycles. The number of aromatic amines is 3. The van der Waals surface area contributed by atoms with Crippen LogP contribution in [0.1, 0.15) is 24.8 Å². The van der Waals surface area contributed by atoms with Gasteiger partial charge in [-0.05, 0) is 84.6 Å². The van der Waals surface area contributed by atoms with Crippen molar-refractivity contribution in [3.8, 4) is 22.6 Å². The van der Waals surface area contributed by atoms with Crippen molar-refractivity contribution in [2.75, 3.05) is 13.1 Å². The molecule has 0 radical (unpaired) electrons. The Balaban J connectivity index is 1.37. The highest BCUT2D eigenvalue weighted by molar-refractivity contribution is 5.90. The van der Waals surface area contributed by atoms with E-state index in [0.29, 0.717) is 11.4 Å². The molecule has 0 unspecified atom stereocenters. The predicted molar refractivity (Wildman–Crippen MR) is 124 cm³/mol. The van der Waals surface area contributed by atoms with Crippen LogP contribution < -0.4 is 5.56 Å². The average Bonchev–Trinajstić information content (AvgIpc) is 3.49. The Bertz CT molecular complexity index is 1460. The van der Waals surface area contributed by atoms with E-state index in [1.807, 2.05) is 24.3 Å². The highest BCUT2D eigenvalue weighted by atomic mass is 16.1. The molecule has 4 heterocycles. The number of nitrogens with one attached hydrogen (secondary N) is 3. The second-order valence-electron chi connectivity index (χ2n) is 8.49. The van der Waals surface area contributed by atoms with Gasteiger partial charge in [-0.3, -0.25) is 9.69 Å². The summed E-state index contributed by atoms with van der Waals surface area (Å²) in [6.07, 6.45) is 3.92. The van der Waals surface area contributed by atoms with Gasteiger partial charge in [-0.25, -0.2) is 0 Å².